The molecule has 0 aliphatic heterocycles. The van der Waals surface area contributed by atoms with Crippen molar-refractivity contribution in [2.75, 3.05) is 26.9 Å². The van der Waals surface area contributed by atoms with Gasteiger partial charge in [0.2, 0.25) is 0 Å². The molecule has 0 bridgehead atoms. The standard InChI is InChI=1S/C21H27NO4/c1-5-25-18-12-11-16(13-19(18)26-6-2)21(23)22-14-20(24-4)17-10-8-7-9-15(17)3/h7-13,20H,5-6,14H2,1-4H3,(H,22,23). The Bertz CT molecular complexity index is 730. The van der Waals surface area contributed by atoms with Gasteiger partial charge in [-0.1, -0.05) is 24.3 Å². The summed E-state index contributed by atoms with van der Waals surface area (Å²) in [6, 6.07) is 13.2. The van der Waals surface area contributed by atoms with Gasteiger partial charge in [-0.15, -0.1) is 0 Å². The van der Waals surface area contributed by atoms with Crippen molar-refractivity contribution in [1.29, 1.82) is 0 Å². The fraction of sp³-hybridized carbons (Fsp3) is 0.381. The van der Waals surface area contributed by atoms with E-state index in [1.807, 2.05) is 45.0 Å². The summed E-state index contributed by atoms with van der Waals surface area (Å²) in [6.07, 6.45) is -0.200. The quantitative estimate of drug-likeness (QED) is 0.739. The summed E-state index contributed by atoms with van der Waals surface area (Å²) in [5, 5.41) is 2.94. The van der Waals surface area contributed by atoms with Crippen LogP contribution in [0, 0.1) is 6.92 Å². The van der Waals surface area contributed by atoms with Crippen LogP contribution in [0.15, 0.2) is 42.5 Å². The van der Waals surface area contributed by atoms with E-state index < -0.39 is 0 Å². The molecule has 1 unspecified atom stereocenters. The molecule has 0 fully saturated rings. The number of hydrogen-bond donors (Lipinski definition) is 1. The van der Waals surface area contributed by atoms with Crippen LogP contribution < -0.4 is 14.8 Å². The summed E-state index contributed by atoms with van der Waals surface area (Å²) in [6.45, 7) is 7.27. The zero-order valence-electron chi connectivity index (χ0n) is 15.9. The molecular formula is C21H27NO4. The second kappa shape index (κ2) is 9.82. The third kappa shape index (κ3) is 4.99. The number of methoxy groups -OCH3 is 1. The first-order valence-corrected chi connectivity index (χ1v) is 8.86. The fourth-order valence-corrected chi connectivity index (χ4v) is 2.75. The molecule has 0 spiro atoms. The van der Waals surface area contributed by atoms with Crippen molar-refractivity contribution in [3.63, 3.8) is 0 Å². The Kier molecular flexibility index (Phi) is 7.48. The molecule has 2 aromatic rings. The third-order valence-corrected chi connectivity index (χ3v) is 4.07. The lowest BCUT2D eigenvalue weighted by Gasteiger charge is -2.19. The molecule has 1 amide bonds. The summed E-state index contributed by atoms with van der Waals surface area (Å²) in [4.78, 5) is 12.5. The van der Waals surface area contributed by atoms with Crippen molar-refractivity contribution in [1.82, 2.24) is 5.32 Å². The van der Waals surface area contributed by atoms with Gasteiger partial charge < -0.3 is 19.5 Å². The summed E-state index contributed by atoms with van der Waals surface area (Å²) in [5.41, 5.74) is 2.72. The molecule has 1 atom stereocenters. The maximum absolute atomic E-state index is 12.5. The molecule has 5 heteroatoms. The molecule has 0 heterocycles. The van der Waals surface area contributed by atoms with Crippen molar-refractivity contribution in [3.8, 4) is 11.5 Å². The highest BCUT2D eigenvalue weighted by atomic mass is 16.5. The Morgan fingerprint density at radius 2 is 1.73 bits per heavy atom. The minimum atomic E-state index is -0.200. The number of amides is 1. The molecule has 2 aromatic carbocycles. The number of carbonyl (C=O) groups excluding carboxylic acids is 1. The highest BCUT2D eigenvalue weighted by Gasteiger charge is 2.16. The van der Waals surface area contributed by atoms with Gasteiger partial charge in [0.1, 0.15) is 0 Å². The molecular weight excluding hydrogens is 330 g/mol. The van der Waals surface area contributed by atoms with Gasteiger partial charge in [-0.05, 0) is 50.1 Å². The molecule has 2 rings (SSSR count). The van der Waals surface area contributed by atoms with Crippen molar-refractivity contribution in [3.05, 3.63) is 59.2 Å². The Morgan fingerprint density at radius 3 is 2.38 bits per heavy atom. The second-order valence-electron chi connectivity index (χ2n) is 5.82. The van der Waals surface area contributed by atoms with E-state index in [-0.39, 0.29) is 12.0 Å². The SMILES string of the molecule is CCOc1ccc(C(=O)NCC(OC)c2ccccc2C)cc1OCC. The number of carbonyl (C=O) groups is 1. The Balaban J connectivity index is 2.09. The summed E-state index contributed by atoms with van der Waals surface area (Å²) < 4.78 is 16.7. The molecule has 1 N–H and O–H groups in total. The maximum atomic E-state index is 12.5. The highest BCUT2D eigenvalue weighted by Crippen LogP contribution is 2.28. The Hall–Kier alpha value is -2.53. The van der Waals surface area contributed by atoms with Crippen LogP contribution in [0.1, 0.15) is 41.4 Å². The molecule has 5 nitrogen and oxygen atoms in total. The molecule has 140 valence electrons. The van der Waals surface area contributed by atoms with Gasteiger partial charge in [-0.2, -0.15) is 0 Å². The van der Waals surface area contributed by atoms with E-state index in [9.17, 15) is 4.79 Å². The first kappa shape index (κ1) is 19.8. The minimum Gasteiger partial charge on any atom is -0.490 e. The van der Waals surface area contributed by atoms with Gasteiger partial charge in [0.25, 0.3) is 5.91 Å². The predicted octanol–water partition coefficient (Wildman–Crippen LogP) is 3.91. The third-order valence-electron chi connectivity index (χ3n) is 4.07. The zero-order chi connectivity index (χ0) is 18.9. The van der Waals surface area contributed by atoms with Crippen molar-refractivity contribution < 1.29 is 19.0 Å². The van der Waals surface area contributed by atoms with Gasteiger partial charge in [0.15, 0.2) is 11.5 Å². The van der Waals surface area contributed by atoms with Crippen LogP contribution in [0.5, 0.6) is 11.5 Å². The number of hydrogen-bond acceptors (Lipinski definition) is 4. The van der Waals surface area contributed by atoms with Crippen LogP contribution >= 0.6 is 0 Å². The zero-order valence-corrected chi connectivity index (χ0v) is 15.9. The van der Waals surface area contributed by atoms with Gasteiger partial charge >= 0.3 is 0 Å². The molecule has 0 saturated heterocycles. The lowest BCUT2D eigenvalue weighted by atomic mass is 10.0. The maximum Gasteiger partial charge on any atom is 0.251 e. The number of ether oxygens (including phenoxy) is 3. The Labute approximate surface area is 155 Å². The summed E-state index contributed by atoms with van der Waals surface area (Å²) in [7, 11) is 1.65. The average molecular weight is 357 g/mol. The van der Waals surface area contributed by atoms with Crippen LogP contribution in [0.3, 0.4) is 0 Å². The number of nitrogens with one attached hydrogen (secondary N) is 1. The topological polar surface area (TPSA) is 56.8 Å². The molecule has 0 aliphatic rings. The summed E-state index contributed by atoms with van der Waals surface area (Å²) in [5.74, 6) is 1.04. The lowest BCUT2D eigenvalue weighted by molar-refractivity contribution is 0.0825. The normalized spacial score (nSPS) is 11.7. The summed E-state index contributed by atoms with van der Waals surface area (Å²) >= 11 is 0. The second-order valence-corrected chi connectivity index (χ2v) is 5.82. The predicted molar refractivity (Wildman–Crippen MR) is 102 cm³/mol. The van der Waals surface area contributed by atoms with Crippen LogP contribution in [0.4, 0.5) is 0 Å². The van der Waals surface area contributed by atoms with Crippen molar-refractivity contribution >= 4 is 5.91 Å². The largest absolute Gasteiger partial charge is 0.490 e. The smallest absolute Gasteiger partial charge is 0.251 e. The van der Waals surface area contributed by atoms with Crippen LogP contribution in [0.25, 0.3) is 0 Å². The Morgan fingerprint density at radius 1 is 1.04 bits per heavy atom. The van der Waals surface area contributed by atoms with Crippen molar-refractivity contribution in [2.45, 2.75) is 26.9 Å². The monoisotopic (exact) mass is 357 g/mol. The van der Waals surface area contributed by atoms with E-state index in [1.54, 1.807) is 25.3 Å². The molecule has 0 aliphatic carbocycles. The lowest BCUT2D eigenvalue weighted by Crippen LogP contribution is -2.29. The van der Waals surface area contributed by atoms with Gasteiger partial charge in [-0.3, -0.25) is 4.79 Å². The van der Waals surface area contributed by atoms with E-state index in [0.717, 1.165) is 11.1 Å². The number of benzene rings is 2. The number of rotatable bonds is 9. The van der Waals surface area contributed by atoms with Crippen LogP contribution in [-0.2, 0) is 4.74 Å². The van der Waals surface area contributed by atoms with Crippen molar-refractivity contribution in [2.24, 2.45) is 0 Å². The van der Waals surface area contributed by atoms with E-state index in [0.29, 0.717) is 36.8 Å². The first-order valence-electron chi connectivity index (χ1n) is 8.86. The highest BCUT2D eigenvalue weighted by molar-refractivity contribution is 5.94. The fourth-order valence-electron chi connectivity index (χ4n) is 2.75. The van der Waals surface area contributed by atoms with E-state index in [1.165, 1.54) is 0 Å². The molecule has 0 radical (unpaired) electrons. The van der Waals surface area contributed by atoms with E-state index >= 15 is 0 Å². The molecule has 0 aromatic heterocycles. The molecule has 0 saturated carbocycles. The number of aryl methyl sites for hydroxylation is 1. The van der Waals surface area contributed by atoms with Crippen LogP contribution in [0.2, 0.25) is 0 Å². The van der Waals surface area contributed by atoms with Gasteiger partial charge in [0.05, 0.1) is 19.3 Å². The molecule has 26 heavy (non-hydrogen) atoms. The van der Waals surface area contributed by atoms with Gasteiger partial charge in [-0.25, -0.2) is 0 Å². The van der Waals surface area contributed by atoms with E-state index in [2.05, 4.69) is 5.32 Å². The van der Waals surface area contributed by atoms with Gasteiger partial charge in [0, 0.05) is 19.2 Å². The first-order chi connectivity index (χ1) is 12.6. The average Bonchev–Trinajstić information content (AvgIpc) is 2.65. The minimum absolute atomic E-state index is 0.176. The van der Waals surface area contributed by atoms with Crippen LogP contribution in [-0.4, -0.2) is 32.8 Å². The van der Waals surface area contributed by atoms with E-state index in [4.69, 9.17) is 14.2 Å².